The lowest BCUT2D eigenvalue weighted by atomic mass is 9.94. The molecule has 0 radical (unpaired) electrons. The smallest absolute Gasteiger partial charge is 0.305 e. The Morgan fingerprint density at radius 3 is 2.08 bits per heavy atom. The first-order valence-corrected chi connectivity index (χ1v) is 12.6. The molecule has 0 aliphatic rings. The van der Waals surface area contributed by atoms with E-state index in [-0.39, 0.29) is 37.0 Å². The minimum atomic E-state index is -1.08. The lowest BCUT2D eigenvalue weighted by Gasteiger charge is -2.18. The molecule has 0 saturated carbocycles. The zero-order valence-corrected chi connectivity index (χ0v) is 21.4. The first-order valence-electron chi connectivity index (χ1n) is 12.6. The summed E-state index contributed by atoms with van der Waals surface area (Å²) in [6.45, 7) is 4.25. The molecule has 0 bridgehead atoms. The van der Waals surface area contributed by atoms with Gasteiger partial charge in [-0.1, -0.05) is 62.4 Å². The molecule has 0 fully saturated rings. The van der Waals surface area contributed by atoms with Crippen molar-refractivity contribution in [2.45, 2.75) is 45.3 Å². The van der Waals surface area contributed by atoms with Crippen molar-refractivity contribution in [2.75, 3.05) is 5.32 Å². The summed E-state index contributed by atoms with van der Waals surface area (Å²) in [5.41, 5.74) is 4.82. The number of aliphatic hydroxyl groups is 1. The topological polar surface area (TPSA) is 91.6 Å². The third-order valence-corrected chi connectivity index (χ3v) is 6.39. The largest absolute Gasteiger partial charge is 0.481 e. The van der Waals surface area contributed by atoms with Crippen LogP contribution in [0.5, 0.6) is 0 Å². The van der Waals surface area contributed by atoms with Crippen molar-refractivity contribution < 1.29 is 24.2 Å². The molecule has 3 aromatic carbocycles. The quantitative estimate of drug-likeness (QED) is 0.223. The SMILES string of the molecule is CC(C)c1c(C(=O)Nc2ccccc2)c(-c2ccccc2)c(-c2ccc(F)cc2)n1CC[C@@H](O)CC(=O)O. The van der Waals surface area contributed by atoms with Gasteiger partial charge < -0.3 is 20.1 Å². The molecular formula is C31H31FN2O4. The van der Waals surface area contributed by atoms with Gasteiger partial charge in [-0.05, 0) is 59.9 Å². The average Bonchev–Trinajstić information content (AvgIpc) is 3.24. The minimum absolute atomic E-state index is 0.0974. The normalized spacial score (nSPS) is 11.9. The Morgan fingerprint density at radius 2 is 1.50 bits per heavy atom. The fraction of sp³-hybridized carbons (Fsp3) is 0.226. The molecular weight excluding hydrogens is 483 g/mol. The summed E-state index contributed by atoms with van der Waals surface area (Å²) in [5, 5.41) is 22.5. The van der Waals surface area contributed by atoms with Crippen molar-refractivity contribution in [1.82, 2.24) is 4.57 Å². The van der Waals surface area contributed by atoms with E-state index in [1.807, 2.05) is 79.1 Å². The lowest BCUT2D eigenvalue weighted by molar-refractivity contribution is -0.139. The molecule has 1 heterocycles. The molecule has 4 rings (SSSR count). The fourth-order valence-corrected chi connectivity index (χ4v) is 4.79. The van der Waals surface area contributed by atoms with Gasteiger partial charge in [0.05, 0.1) is 23.8 Å². The Balaban J connectivity index is 1.98. The summed E-state index contributed by atoms with van der Waals surface area (Å²) in [7, 11) is 0. The number of hydrogen-bond acceptors (Lipinski definition) is 3. The fourth-order valence-electron chi connectivity index (χ4n) is 4.79. The van der Waals surface area contributed by atoms with Gasteiger partial charge in [-0.15, -0.1) is 0 Å². The number of para-hydroxylation sites is 1. The zero-order valence-electron chi connectivity index (χ0n) is 21.4. The van der Waals surface area contributed by atoms with Gasteiger partial charge >= 0.3 is 5.97 Å². The standard InChI is InChI=1S/C31H31FN2O4/c1-20(2)29-28(31(38)33-24-11-7-4-8-12-24)27(21-9-5-3-6-10-21)30(22-13-15-23(32)16-14-22)34(29)18-17-25(35)19-26(36)37/h3-16,20,25,35H,17-19H2,1-2H3,(H,33,38)(H,36,37)/t25-/m1/s1. The Hall–Kier alpha value is -4.23. The summed E-state index contributed by atoms with van der Waals surface area (Å²) in [5.74, 6) is -1.84. The highest BCUT2D eigenvalue weighted by Crippen LogP contribution is 2.42. The van der Waals surface area contributed by atoms with E-state index in [2.05, 4.69) is 5.32 Å². The van der Waals surface area contributed by atoms with Gasteiger partial charge in [0.1, 0.15) is 5.82 Å². The third-order valence-electron chi connectivity index (χ3n) is 6.39. The van der Waals surface area contributed by atoms with Crippen LogP contribution < -0.4 is 5.32 Å². The van der Waals surface area contributed by atoms with Crippen LogP contribution in [-0.4, -0.2) is 32.8 Å². The van der Waals surface area contributed by atoms with Crippen LogP contribution in [0.2, 0.25) is 0 Å². The molecule has 1 atom stereocenters. The number of aliphatic hydroxyl groups excluding tert-OH is 1. The van der Waals surface area contributed by atoms with Crippen molar-refractivity contribution in [3.63, 3.8) is 0 Å². The molecule has 0 aliphatic carbocycles. The molecule has 38 heavy (non-hydrogen) atoms. The highest BCUT2D eigenvalue weighted by molar-refractivity contribution is 6.12. The van der Waals surface area contributed by atoms with Crippen LogP contribution in [0.4, 0.5) is 10.1 Å². The van der Waals surface area contributed by atoms with Gasteiger partial charge in [0, 0.05) is 23.5 Å². The molecule has 0 unspecified atom stereocenters. The van der Waals surface area contributed by atoms with Crippen LogP contribution in [-0.2, 0) is 11.3 Å². The number of rotatable bonds is 10. The molecule has 196 valence electrons. The average molecular weight is 515 g/mol. The van der Waals surface area contributed by atoms with Crippen molar-refractivity contribution in [3.05, 3.63) is 102 Å². The maximum Gasteiger partial charge on any atom is 0.305 e. The van der Waals surface area contributed by atoms with Gasteiger partial charge in [-0.25, -0.2) is 4.39 Å². The van der Waals surface area contributed by atoms with E-state index < -0.39 is 12.1 Å². The number of carboxylic acids is 1. The van der Waals surface area contributed by atoms with Gasteiger partial charge in [-0.3, -0.25) is 9.59 Å². The number of anilines is 1. The number of aliphatic carboxylic acids is 1. The Bertz CT molecular complexity index is 1400. The number of amides is 1. The van der Waals surface area contributed by atoms with E-state index in [1.165, 1.54) is 12.1 Å². The van der Waals surface area contributed by atoms with E-state index in [9.17, 15) is 19.1 Å². The van der Waals surface area contributed by atoms with Crippen molar-refractivity contribution in [3.8, 4) is 22.4 Å². The number of carboxylic acid groups (broad SMARTS) is 1. The highest BCUT2D eigenvalue weighted by atomic mass is 19.1. The molecule has 4 aromatic rings. The number of carbonyl (C=O) groups excluding carboxylic acids is 1. The molecule has 0 spiro atoms. The number of halogens is 1. The summed E-state index contributed by atoms with van der Waals surface area (Å²) in [6.07, 6.45) is -1.27. The molecule has 3 N–H and O–H groups in total. The first kappa shape index (κ1) is 26.8. The number of aromatic nitrogens is 1. The van der Waals surface area contributed by atoms with Crippen LogP contribution in [0.3, 0.4) is 0 Å². The first-order chi connectivity index (χ1) is 18.3. The molecule has 1 aromatic heterocycles. The third kappa shape index (κ3) is 6.01. The summed E-state index contributed by atoms with van der Waals surface area (Å²) in [4.78, 5) is 25.1. The maximum absolute atomic E-state index is 14.0. The van der Waals surface area contributed by atoms with Crippen LogP contribution in [0.25, 0.3) is 22.4 Å². The van der Waals surface area contributed by atoms with Crippen molar-refractivity contribution in [1.29, 1.82) is 0 Å². The second-order valence-corrected chi connectivity index (χ2v) is 9.52. The van der Waals surface area contributed by atoms with Crippen molar-refractivity contribution >= 4 is 17.6 Å². The Labute approximate surface area is 221 Å². The number of hydrogen-bond donors (Lipinski definition) is 3. The van der Waals surface area contributed by atoms with Gasteiger partial charge in [-0.2, -0.15) is 0 Å². The lowest BCUT2D eigenvalue weighted by Crippen LogP contribution is -2.19. The molecule has 0 saturated heterocycles. The number of nitrogens with zero attached hydrogens (tertiary/aromatic N) is 1. The van der Waals surface area contributed by atoms with E-state index in [0.29, 0.717) is 28.1 Å². The summed E-state index contributed by atoms with van der Waals surface area (Å²) >= 11 is 0. The van der Waals surface area contributed by atoms with Gasteiger partial charge in [0.15, 0.2) is 0 Å². The number of nitrogens with one attached hydrogen (secondary N) is 1. The Kier molecular flexibility index (Phi) is 8.38. The van der Waals surface area contributed by atoms with E-state index >= 15 is 0 Å². The van der Waals surface area contributed by atoms with Crippen LogP contribution in [0, 0.1) is 5.82 Å². The predicted molar refractivity (Wildman–Crippen MR) is 147 cm³/mol. The monoisotopic (exact) mass is 514 g/mol. The summed E-state index contributed by atoms with van der Waals surface area (Å²) in [6, 6.07) is 24.8. The van der Waals surface area contributed by atoms with E-state index in [4.69, 9.17) is 5.11 Å². The molecule has 6 nitrogen and oxygen atoms in total. The molecule has 0 aliphatic heterocycles. The minimum Gasteiger partial charge on any atom is -0.481 e. The highest BCUT2D eigenvalue weighted by Gasteiger charge is 2.30. The Morgan fingerprint density at radius 1 is 0.895 bits per heavy atom. The van der Waals surface area contributed by atoms with Crippen molar-refractivity contribution in [2.24, 2.45) is 0 Å². The molecule has 1 amide bonds. The number of carbonyl (C=O) groups is 2. The van der Waals surface area contributed by atoms with Gasteiger partial charge in [0.2, 0.25) is 0 Å². The van der Waals surface area contributed by atoms with Crippen LogP contribution in [0.1, 0.15) is 48.7 Å². The maximum atomic E-state index is 14.0. The zero-order chi connectivity index (χ0) is 27.2. The number of benzene rings is 3. The van der Waals surface area contributed by atoms with Crippen LogP contribution in [0.15, 0.2) is 84.9 Å². The second kappa shape index (κ2) is 11.9. The van der Waals surface area contributed by atoms with E-state index in [0.717, 1.165) is 11.3 Å². The van der Waals surface area contributed by atoms with Gasteiger partial charge in [0.25, 0.3) is 5.91 Å². The molecule has 7 heteroatoms. The second-order valence-electron chi connectivity index (χ2n) is 9.52. The van der Waals surface area contributed by atoms with E-state index in [1.54, 1.807) is 12.1 Å². The summed E-state index contributed by atoms with van der Waals surface area (Å²) < 4.78 is 15.9. The van der Waals surface area contributed by atoms with Crippen LogP contribution >= 0.6 is 0 Å². The predicted octanol–water partition coefficient (Wildman–Crippen LogP) is 6.56.